The molecular weight excluding hydrogens is 400 g/mol. The molecule has 1 saturated carbocycles. The molecule has 0 spiro atoms. The average Bonchev–Trinajstić information content (AvgIpc) is 3.14. The number of carboxylic acids is 1. The monoisotopic (exact) mass is 432 g/mol. The zero-order valence-electron chi connectivity index (χ0n) is 18.8. The normalized spacial score (nSPS) is 14.5. The minimum absolute atomic E-state index is 0.0827. The fourth-order valence-corrected chi connectivity index (χ4v) is 4.82. The van der Waals surface area contributed by atoms with Gasteiger partial charge in [0.05, 0.1) is 12.1 Å². The standard InChI is InChI=1S/C27H32N2O3/c1-2-3-17-28-19-25(22-9-5-4-6-10-22)29(27(28)32)18-20-13-15-21(16-14-20)23-11-7-8-12-24(23)26(30)31/h7-8,11-16,19,22H,2-6,9-10,17-18H2,1H3,(H,30,31). The maximum atomic E-state index is 13.2. The number of benzene rings is 2. The second-order valence-corrected chi connectivity index (χ2v) is 8.85. The van der Waals surface area contributed by atoms with E-state index in [0.29, 0.717) is 23.6 Å². The van der Waals surface area contributed by atoms with Gasteiger partial charge in [0.1, 0.15) is 0 Å². The van der Waals surface area contributed by atoms with Crippen LogP contribution in [0.3, 0.4) is 0 Å². The summed E-state index contributed by atoms with van der Waals surface area (Å²) in [5.41, 5.74) is 4.17. The summed E-state index contributed by atoms with van der Waals surface area (Å²) in [6.07, 6.45) is 10.2. The van der Waals surface area contributed by atoms with Crippen molar-refractivity contribution in [2.24, 2.45) is 0 Å². The molecule has 1 aromatic heterocycles. The highest BCUT2D eigenvalue weighted by atomic mass is 16.4. The molecule has 4 rings (SSSR count). The third-order valence-corrected chi connectivity index (χ3v) is 6.62. The van der Waals surface area contributed by atoms with Crippen LogP contribution in [-0.2, 0) is 13.1 Å². The summed E-state index contributed by atoms with van der Waals surface area (Å²) in [6.45, 7) is 3.46. The molecule has 0 atom stereocenters. The van der Waals surface area contributed by atoms with Crippen LogP contribution in [0.5, 0.6) is 0 Å². The molecule has 0 amide bonds. The molecule has 5 heteroatoms. The van der Waals surface area contributed by atoms with E-state index >= 15 is 0 Å². The van der Waals surface area contributed by atoms with Crippen molar-refractivity contribution in [2.75, 3.05) is 0 Å². The number of imidazole rings is 1. The Bertz CT molecular complexity index is 1120. The maximum absolute atomic E-state index is 13.2. The molecule has 0 saturated heterocycles. The Morgan fingerprint density at radius 1 is 1.03 bits per heavy atom. The predicted octanol–water partition coefficient (Wildman–Crippen LogP) is 5.91. The number of aromatic carboxylic acids is 1. The molecule has 5 nitrogen and oxygen atoms in total. The highest BCUT2D eigenvalue weighted by molar-refractivity contribution is 5.95. The molecule has 32 heavy (non-hydrogen) atoms. The Balaban J connectivity index is 1.63. The smallest absolute Gasteiger partial charge is 0.336 e. The topological polar surface area (TPSA) is 64.2 Å². The van der Waals surface area contributed by atoms with E-state index in [-0.39, 0.29) is 5.69 Å². The van der Waals surface area contributed by atoms with Crippen molar-refractivity contribution in [3.8, 4) is 11.1 Å². The number of aryl methyl sites for hydroxylation is 1. The highest BCUT2D eigenvalue weighted by Crippen LogP contribution is 2.32. The van der Waals surface area contributed by atoms with Gasteiger partial charge >= 0.3 is 11.7 Å². The molecule has 168 valence electrons. The van der Waals surface area contributed by atoms with Crippen LogP contribution < -0.4 is 5.69 Å². The molecule has 1 aliphatic carbocycles. The van der Waals surface area contributed by atoms with E-state index in [1.807, 2.05) is 45.5 Å². The lowest BCUT2D eigenvalue weighted by Crippen LogP contribution is -2.26. The predicted molar refractivity (Wildman–Crippen MR) is 127 cm³/mol. The van der Waals surface area contributed by atoms with Crippen LogP contribution in [-0.4, -0.2) is 20.2 Å². The number of hydrogen-bond acceptors (Lipinski definition) is 2. The molecule has 1 aliphatic rings. The molecular formula is C27H32N2O3. The number of rotatable bonds is 8. The van der Waals surface area contributed by atoms with Crippen molar-refractivity contribution in [2.45, 2.75) is 70.9 Å². The molecule has 2 aromatic carbocycles. The van der Waals surface area contributed by atoms with Crippen molar-refractivity contribution >= 4 is 5.97 Å². The molecule has 3 aromatic rings. The summed E-state index contributed by atoms with van der Waals surface area (Å²) in [4.78, 5) is 24.8. The van der Waals surface area contributed by atoms with Gasteiger partial charge in [-0.15, -0.1) is 0 Å². The average molecular weight is 433 g/mol. The van der Waals surface area contributed by atoms with Gasteiger partial charge in [-0.3, -0.25) is 9.13 Å². The largest absolute Gasteiger partial charge is 0.478 e. The van der Waals surface area contributed by atoms with Crippen LogP contribution >= 0.6 is 0 Å². The van der Waals surface area contributed by atoms with E-state index in [1.165, 1.54) is 25.0 Å². The van der Waals surface area contributed by atoms with E-state index in [9.17, 15) is 14.7 Å². The fraction of sp³-hybridized carbons (Fsp3) is 0.407. The molecule has 0 unspecified atom stereocenters. The summed E-state index contributed by atoms with van der Waals surface area (Å²) < 4.78 is 3.86. The van der Waals surface area contributed by atoms with Crippen molar-refractivity contribution < 1.29 is 9.90 Å². The van der Waals surface area contributed by atoms with Crippen LogP contribution in [0.25, 0.3) is 11.1 Å². The zero-order chi connectivity index (χ0) is 22.5. The summed E-state index contributed by atoms with van der Waals surface area (Å²) in [5, 5.41) is 9.48. The van der Waals surface area contributed by atoms with E-state index < -0.39 is 5.97 Å². The van der Waals surface area contributed by atoms with Gasteiger partial charge in [-0.2, -0.15) is 0 Å². The van der Waals surface area contributed by atoms with Crippen molar-refractivity contribution in [1.82, 2.24) is 9.13 Å². The SMILES string of the molecule is CCCCn1cc(C2CCCCC2)n(Cc2ccc(-c3ccccc3C(=O)O)cc2)c1=O. The molecule has 1 N–H and O–H groups in total. The Hall–Kier alpha value is -3.08. The summed E-state index contributed by atoms with van der Waals surface area (Å²) in [7, 11) is 0. The second-order valence-electron chi connectivity index (χ2n) is 8.85. The Labute approximate surface area is 189 Å². The van der Waals surface area contributed by atoms with Gasteiger partial charge in [0.15, 0.2) is 0 Å². The summed E-state index contributed by atoms with van der Waals surface area (Å²) in [5.74, 6) is -0.470. The quantitative estimate of drug-likeness (QED) is 0.481. The number of aromatic nitrogens is 2. The Morgan fingerprint density at radius 2 is 1.75 bits per heavy atom. The summed E-state index contributed by atoms with van der Waals surface area (Å²) >= 11 is 0. The number of carbonyl (C=O) groups is 1. The van der Waals surface area contributed by atoms with Gasteiger partial charge in [0, 0.05) is 24.4 Å². The minimum atomic E-state index is -0.929. The van der Waals surface area contributed by atoms with Crippen LogP contribution in [0.15, 0.2) is 59.5 Å². The number of carboxylic acid groups (broad SMARTS) is 1. The third kappa shape index (κ3) is 4.72. The first kappa shape index (κ1) is 22.1. The van der Waals surface area contributed by atoms with Gasteiger partial charge in [0.25, 0.3) is 0 Å². The summed E-state index contributed by atoms with van der Waals surface area (Å²) in [6, 6.07) is 15.0. The zero-order valence-corrected chi connectivity index (χ0v) is 18.8. The van der Waals surface area contributed by atoms with Gasteiger partial charge < -0.3 is 5.11 Å². The maximum Gasteiger partial charge on any atom is 0.336 e. The van der Waals surface area contributed by atoms with Crippen LogP contribution in [0, 0.1) is 0 Å². The van der Waals surface area contributed by atoms with Gasteiger partial charge in [-0.25, -0.2) is 9.59 Å². The van der Waals surface area contributed by atoms with Gasteiger partial charge in [-0.1, -0.05) is 75.1 Å². The molecule has 0 bridgehead atoms. The Kier molecular flexibility index (Phi) is 6.93. The first-order valence-corrected chi connectivity index (χ1v) is 11.8. The van der Waals surface area contributed by atoms with E-state index in [0.717, 1.165) is 43.4 Å². The molecule has 1 fully saturated rings. The molecule has 0 aliphatic heterocycles. The van der Waals surface area contributed by atoms with Crippen LogP contribution in [0.4, 0.5) is 0 Å². The van der Waals surface area contributed by atoms with E-state index in [1.54, 1.807) is 12.1 Å². The minimum Gasteiger partial charge on any atom is -0.478 e. The van der Waals surface area contributed by atoms with Crippen molar-refractivity contribution in [1.29, 1.82) is 0 Å². The highest BCUT2D eigenvalue weighted by Gasteiger charge is 2.22. The number of hydrogen-bond donors (Lipinski definition) is 1. The first-order chi connectivity index (χ1) is 15.6. The lowest BCUT2D eigenvalue weighted by Gasteiger charge is -2.22. The fourth-order valence-electron chi connectivity index (χ4n) is 4.82. The Morgan fingerprint density at radius 3 is 2.44 bits per heavy atom. The molecule has 0 radical (unpaired) electrons. The van der Waals surface area contributed by atoms with Gasteiger partial charge in [-0.05, 0) is 42.0 Å². The van der Waals surface area contributed by atoms with Crippen molar-refractivity contribution in [3.05, 3.63) is 82.0 Å². The third-order valence-electron chi connectivity index (χ3n) is 6.62. The van der Waals surface area contributed by atoms with Gasteiger partial charge in [0.2, 0.25) is 0 Å². The molecule has 1 heterocycles. The van der Waals surface area contributed by atoms with Crippen molar-refractivity contribution in [3.63, 3.8) is 0 Å². The lowest BCUT2D eigenvalue weighted by atomic mass is 9.87. The van der Waals surface area contributed by atoms with E-state index in [2.05, 4.69) is 13.1 Å². The lowest BCUT2D eigenvalue weighted by molar-refractivity contribution is 0.0697. The first-order valence-electron chi connectivity index (χ1n) is 11.8. The number of nitrogens with zero attached hydrogens (tertiary/aromatic N) is 2. The van der Waals surface area contributed by atoms with Crippen LogP contribution in [0.1, 0.15) is 79.4 Å². The number of unbranched alkanes of at least 4 members (excludes halogenated alkanes) is 1. The van der Waals surface area contributed by atoms with Crippen LogP contribution in [0.2, 0.25) is 0 Å². The second kappa shape index (κ2) is 10.0. The van der Waals surface area contributed by atoms with E-state index in [4.69, 9.17) is 0 Å².